The Morgan fingerprint density at radius 1 is 1.23 bits per heavy atom. The molecule has 1 aromatic carbocycles. The number of carbonyl (C=O) groups excluding carboxylic acids is 3. The van der Waals surface area contributed by atoms with Gasteiger partial charge in [-0.3, -0.25) is 14.4 Å². The smallest absolute Gasteiger partial charge is 0.316 e. The number of thioether (sulfide) groups is 1. The molecule has 1 aliphatic heterocycles. The van der Waals surface area contributed by atoms with Gasteiger partial charge < -0.3 is 25.6 Å². The van der Waals surface area contributed by atoms with Crippen LogP contribution in [0.5, 0.6) is 0 Å². The van der Waals surface area contributed by atoms with E-state index >= 15 is 0 Å². The van der Waals surface area contributed by atoms with E-state index < -0.39 is 29.1 Å². The Kier molecular flexibility index (Phi) is 9.21. The number of rotatable bonds is 8. The first-order valence-electron chi connectivity index (χ1n) is 15.8. The Morgan fingerprint density at radius 2 is 2.00 bits per heavy atom. The molecule has 0 aromatic heterocycles. The molecule has 0 spiro atoms. The van der Waals surface area contributed by atoms with Crippen molar-refractivity contribution in [1.29, 1.82) is 0 Å². The molecule has 4 fully saturated rings. The van der Waals surface area contributed by atoms with Gasteiger partial charge in [-0.05, 0) is 67.1 Å². The van der Waals surface area contributed by atoms with Crippen LogP contribution in [0.4, 0.5) is 0 Å². The molecular weight excluding hydrogens is 564 g/mol. The third-order valence-electron chi connectivity index (χ3n) is 11.7. The maximum Gasteiger partial charge on any atom is 0.316 e. The summed E-state index contributed by atoms with van der Waals surface area (Å²) in [7, 11) is 0. The average Bonchev–Trinajstić information content (AvgIpc) is 3.59. The molecule has 5 rings (SSSR count). The fraction of sp³-hybridized carbons (Fsp3) is 0.676. The predicted octanol–water partition coefficient (Wildman–Crippen LogP) is 4.02. The molecule has 3 aliphatic carbocycles. The van der Waals surface area contributed by atoms with Gasteiger partial charge in [0, 0.05) is 41.2 Å². The largest absolute Gasteiger partial charge is 0.461 e. The van der Waals surface area contributed by atoms with Crippen molar-refractivity contribution in [2.24, 2.45) is 34.0 Å². The molecule has 43 heavy (non-hydrogen) atoms. The van der Waals surface area contributed by atoms with Crippen LogP contribution in [-0.2, 0) is 25.7 Å². The number of β-amino-alcohol motifs (C(OH)–C–C–N with tert-alkyl or cyclic N) is 1. The van der Waals surface area contributed by atoms with E-state index in [1.54, 1.807) is 0 Å². The van der Waals surface area contributed by atoms with E-state index in [0.717, 1.165) is 29.7 Å². The van der Waals surface area contributed by atoms with Crippen LogP contribution in [0.25, 0.3) is 0 Å². The number of aliphatic hydroxyl groups is 2. The quantitative estimate of drug-likeness (QED) is 0.197. The fourth-order valence-electron chi connectivity index (χ4n) is 8.81. The van der Waals surface area contributed by atoms with Crippen LogP contribution in [0, 0.1) is 34.0 Å². The lowest BCUT2D eigenvalue weighted by Crippen LogP contribution is -2.63. The molecule has 3 unspecified atom stereocenters. The minimum Gasteiger partial charge on any atom is -0.461 e. The summed E-state index contributed by atoms with van der Waals surface area (Å²) >= 11 is 1.38. The van der Waals surface area contributed by atoms with Crippen LogP contribution in [0.1, 0.15) is 71.8 Å². The zero-order chi connectivity index (χ0) is 31.2. The second kappa shape index (κ2) is 12.3. The van der Waals surface area contributed by atoms with Crippen molar-refractivity contribution in [1.82, 2.24) is 10.6 Å². The third-order valence-corrected chi connectivity index (χ3v) is 12.7. The van der Waals surface area contributed by atoms with E-state index in [-0.39, 0.29) is 52.6 Å². The lowest BCUT2D eigenvalue weighted by atomic mass is 9.44. The molecule has 1 saturated heterocycles. The number of hydrogen-bond donors (Lipinski definition) is 4. The topological polar surface area (TPSA) is 125 Å². The Morgan fingerprint density at radius 3 is 2.70 bits per heavy atom. The Labute approximate surface area is 259 Å². The van der Waals surface area contributed by atoms with Gasteiger partial charge in [0.15, 0.2) is 0 Å². The Bertz CT molecular complexity index is 1260. The standard InChI is InChI=1S/C34H48N2O6S/c1-6-32(4)16-27(33(5)20(2)10-12-34(21(3)30(32)40)13-11-26(38)29(33)34)42-28(39)19-43-24-9-7-8-22(14-24)17-36-31(41)25-15-23(37)18-35-25/h6-9,14,20-21,23,25,27,29-30,35,37,40H,1,10-13,15-19H2,2-5H3,(H,36,41)/t20?,21-,23+,25+,27+,29?,30-,32+,33-,34?/m0/s1. The van der Waals surface area contributed by atoms with E-state index in [1.165, 1.54) is 11.8 Å². The van der Waals surface area contributed by atoms with E-state index in [1.807, 2.05) is 37.3 Å². The number of Topliss-reactive ketones (excluding diaryl/α,β-unsaturated/α-hetero) is 1. The van der Waals surface area contributed by atoms with Crippen LogP contribution in [0.3, 0.4) is 0 Å². The van der Waals surface area contributed by atoms with Gasteiger partial charge >= 0.3 is 5.97 Å². The summed E-state index contributed by atoms with van der Waals surface area (Å²) in [6, 6.07) is 7.31. The number of amides is 1. The summed E-state index contributed by atoms with van der Waals surface area (Å²) in [6.45, 7) is 13.3. The van der Waals surface area contributed by atoms with Crippen molar-refractivity contribution >= 4 is 29.4 Å². The maximum atomic E-state index is 13.6. The summed E-state index contributed by atoms with van der Waals surface area (Å²) in [4.78, 5) is 40.4. The highest BCUT2D eigenvalue weighted by molar-refractivity contribution is 8.00. The van der Waals surface area contributed by atoms with Gasteiger partial charge in [0.25, 0.3) is 0 Å². The summed E-state index contributed by atoms with van der Waals surface area (Å²) < 4.78 is 6.36. The van der Waals surface area contributed by atoms with Crippen molar-refractivity contribution in [2.75, 3.05) is 12.3 Å². The second-order valence-electron chi connectivity index (χ2n) is 14.1. The number of esters is 1. The minimum atomic E-state index is -0.690. The molecule has 10 atom stereocenters. The van der Waals surface area contributed by atoms with Gasteiger partial charge in [0.1, 0.15) is 11.9 Å². The lowest BCUT2D eigenvalue weighted by Gasteiger charge is -2.61. The van der Waals surface area contributed by atoms with Crippen LogP contribution in [-0.4, -0.2) is 64.5 Å². The van der Waals surface area contributed by atoms with Gasteiger partial charge in [0.05, 0.1) is 24.0 Å². The van der Waals surface area contributed by atoms with Gasteiger partial charge in [-0.2, -0.15) is 0 Å². The fourth-order valence-corrected chi connectivity index (χ4v) is 9.57. The van der Waals surface area contributed by atoms with Crippen molar-refractivity contribution in [3.63, 3.8) is 0 Å². The molecular formula is C34H48N2O6S. The van der Waals surface area contributed by atoms with Crippen molar-refractivity contribution in [3.05, 3.63) is 42.5 Å². The lowest BCUT2D eigenvalue weighted by molar-refractivity contribution is -0.205. The molecule has 1 heterocycles. The number of benzene rings is 1. The number of nitrogens with one attached hydrogen (secondary N) is 2. The third kappa shape index (κ3) is 5.83. The number of hydrogen-bond acceptors (Lipinski definition) is 8. The number of ether oxygens (including phenoxy) is 1. The van der Waals surface area contributed by atoms with E-state index in [2.05, 4.69) is 38.0 Å². The summed E-state index contributed by atoms with van der Waals surface area (Å²) in [6.07, 6.45) is 4.05. The first-order chi connectivity index (χ1) is 20.3. The van der Waals surface area contributed by atoms with Gasteiger partial charge in [-0.1, -0.05) is 45.9 Å². The minimum absolute atomic E-state index is 0.0657. The van der Waals surface area contributed by atoms with Crippen molar-refractivity contribution < 1.29 is 29.3 Å². The number of carbonyl (C=O) groups is 3. The Hall–Kier alpha value is -2.20. The molecule has 0 radical (unpaired) electrons. The normalized spacial score (nSPS) is 40.7. The van der Waals surface area contributed by atoms with E-state index in [0.29, 0.717) is 32.4 Å². The monoisotopic (exact) mass is 612 g/mol. The zero-order valence-corrected chi connectivity index (χ0v) is 26.8. The van der Waals surface area contributed by atoms with E-state index in [9.17, 15) is 24.6 Å². The molecule has 2 bridgehead atoms. The number of ketones is 1. The van der Waals surface area contributed by atoms with Crippen molar-refractivity contribution in [3.8, 4) is 0 Å². The highest BCUT2D eigenvalue weighted by Crippen LogP contribution is 2.68. The van der Waals surface area contributed by atoms with E-state index in [4.69, 9.17) is 4.74 Å². The highest BCUT2D eigenvalue weighted by Gasteiger charge is 2.68. The molecule has 1 amide bonds. The number of aliphatic hydroxyl groups excluding tert-OH is 2. The highest BCUT2D eigenvalue weighted by atomic mass is 32.2. The SMILES string of the molecule is C=C[C@]1(C)C[C@@H](OC(=O)CSc2cccc(CNC(=O)[C@H]3C[C@@H](O)CN3)c2)[C@]2(C)C(C)CCC3(CCC(=O)C32)[C@@H](C)[C@@H]1O. The first kappa shape index (κ1) is 32.2. The molecule has 236 valence electrons. The average molecular weight is 613 g/mol. The molecule has 8 nitrogen and oxygen atoms in total. The zero-order valence-electron chi connectivity index (χ0n) is 25.9. The van der Waals surface area contributed by atoms with Gasteiger partial charge in [-0.25, -0.2) is 0 Å². The predicted molar refractivity (Wildman–Crippen MR) is 166 cm³/mol. The second-order valence-corrected chi connectivity index (χ2v) is 15.1. The van der Waals surface area contributed by atoms with Crippen LogP contribution in [0.15, 0.2) is 41.8 Å². The Balaban J connectivity index is 1.29. The summed E-state index contributed by atoms with van der Waals surface area (Å²) in [5.41, 5.74) is -0.585. The molecule has 1 aromatic rings. The van der Waals surface area contributed by atoms with Gasteiger partial charge in [-0.15, -0.1) is 18.3 Å². The summed E-state index contributed by atoms with van der Waals surface area (Å²) in [5, 5.41) is 27.3. The molecule has 4 N–H and O–H groups in total. The maximum absolute atomic E-state index is 13.6. The molecule has 9 heteroatoms. The first-order valence-corrected chi connectivity index (χ1v) is 16.8. The van der Waals surface area contributed by atoms with Gasteiger partial charge in [0.2, 0.25) is 5.91 Å². The van der Waals surface area contributed by atoms with Crippen LogP contribution < -0.4 is 10.6 Å². The molecule has 4 aliphatic rings. The molecule has 3 saturated carbocycles. The van der Waals surface area contributed by atoms with Crippen molar-refractivity contribution in [2.45, 2.75) is 102 Å². The van der Waals surface area contributed by atoms with Crippen LogP contribution >= 0.6 is 11.8 Å². The van der Waals surface area contributed by atoms with Crippen LogP contribution in [0.2, 0.25) is 0 Å². The summed E-state index contributed by atoms with van der Waals surface area (Å²) in [5.74, 6) is -0.262.